The number of benzene rings is 3. The Bertz CT molecular complexity index is 1510. The van der Waals surface area contributed by atoms with Crippen LogP contribution in [0.1, 0.15) is 23.6 Å². The van der Waals surface area contributed by atoms with Crippen molar-refractivity contribution in [2.75, 3.05) is 18.5 Å². The van der Waals surface area contributed by atoms with Crippen molar-refractivity contribution in [3.8, 4) is 0 Å². The number of ether oxygens (including phenoxy) is 1. The van der Waals surface area contributed by atoms with Gasteiger partial charge in [0.2, 0.25) is 20.0 Å². The molecule has 4 rings (SSSR count). The maximum absolute atomic E-state index is 13.4. The van der Waals surface area contributed by atoms with Gasteiger partial charge in [0, 0.05) is 12.2 Å². The second-order valence-electron chi connectivity index (χ2n) is 8.38. The third-order valence-corrected chi connectivity index (χ3v) is 8.76. The number of carbonyl (C=O) groups excluding carboxylic acids is 2. The van der Waals surface area contributed by atoms with Gasteiger partial charge >= 0.3 is 5.97 Å². The van der Waals surface area contributed by atoms with Crippen LogP contribution in [0.25, 0.3) is 0 Å². The first-order chi connectivity index (χ1) is 17.6. The zero-order valence-corrected chi connectivity index (χ0v) is 21.2. The van der Waals surface area contributed by atoms with Crippen LogP contribution in [0.2, 0.25) is 0 Å². The maximum Gasteiger partial charge on any atom is 0.308 e. The molecule has 3 aromatic rings. The second kappa shape index (κ2) is 10.8. The monoisotopic (exact) mass is 543 g/mol. The normalized spacial score (nSPS) is 16.0. The van der Waals surface area contributed by atoms with Gasteiger partial charge in [-0.25, -0.2) is 22.0 Å². The van der Waals surface area contributed by atoms with Gasteiger partial charge in [-0.05, 0) is 53.9 Å². The van der Waals surface area contributed by atoms with Crippen LogP contribution >= 0.6 is 0 Å². The lowest BCUT2D eigenvalue weighted by atomic mass is 9.92. The van der Waals surface area contributed by atoms with E-state index in [0.717, 1.165) is 5.56 Å². The fraction of sp³-hybridized carbons (Fsp3) is 0.200. The Morgan fingerprint density at radius 2 is 1.54 bits per heavy atom. The van der Waals surface area contributed by atoms with Crippen molar-refractivity contribution in [2.24, 2.45) is 5.14 Å². The number of nitrogens with two attached hydrogens (primary N) is 1. The van der Waals surface area contributed by atoms with Crippen LogP contribution < -0.4 is 10.5 Å². The fourth-order valence-electron chi connectivity index (χ4n) is 4.14. The first-order valence-corrected chi connectivity index (χ1v) is 14.3. The number of fused-ring (bicyclic) bond motifs is 1. The number of nitrogens with zero attached hydrogens (tertiary/aromatic N) is 1. The number of nitrogens with one attached hydrogen (secondary N) is 1. The van der Waals surface area contributed by atoms with Crippen molar-refractivity contribution in [3.63, 3.8) is 0 Å². The predicted octanol–water partition coefficient (Wildman–Crippen LogP) is 2.19. The molecule has 0 spiro atoms. The van der Waals surface area contributed by atoms with Crippen LogP contribution in [0.5, 0.6) is 0 Å². The molecule has 0 bridgehead atoms. The summed E-state index contributed by atoms with van der Waals surface area (Å²) in [6, 6.07) is 19.7. The van der Waals surface area contributed by atoms with Crippen molar-refractivity contribution in [3.05, 3.63) is 90.0 Å². The summed E-state index contributed by atoms with van der Waals surface area (Å²) in [5.74, 6) is -1.38. The lowest BCUT2D eigenvalue weighted by Crippen LogP contribution is -2.41. The molecule has 0 saturated heterocycles. The first kappa shape index (κ1) is 26.5. The van der Waals surface area contributed by atoms with E-state index in [2.05, 4.69) is 5.32 Å². The highest BCUT2D eigenvalue weighted by atomic mass is 32.2. The van der Waals surface area contributed by atoms with E-state index in [1.807, 2.05) is 12.1 Å². The van der Waals surface area contributed by atoms with Crippen LogP contribution in [0.4, 0.5) is 5.69 Å². The number of hydrogen-bond acceptors (Lipinski definition) is 7. The molecule has 0 radical (unpaired) electrons. The number of primary sulfonamides is 1. The van der Waals surface area contributed by atoms with E-state index < -0.39 is 44.6 Å². The fourth-order valence-corrected chi connectivity index (χ4v) is 6.29. The highest BCUT2D eigenvalue weighted by Gasteiger charge is 2.37. The third kappa shape index (κ3) is 6.23. The summed E-state index contributed by atoms with van der Waals surface area (Å²) >= 11 is 0. The number of rotatable bonds is 8. The van der Waals surface area contributed by atoms with Gasteiger partial charge in [-0.15, -0.1) is 0 Å². The van der Waals surface area contributed by atoms with Crippen molar-refractivity contribution < 1.29 is 31.2 Å². The van der Waals surface area contributed by atoms with Crippen LogP contribution in [0.3, 0.4) is 0 Å². The highest BCUT2D eigenvalue weighted by molar-refractivity contribution is 7.89. The number of anilines is 1. The van der Waals surface area contributed by atoms with Crippen LogP contribution in [-0.4, -0.2) is 46.2 Å². The molecule has 0 saturated carbocycles. The summed E-state index contributed by atoms with van der Waals surface area (Å²) in [7, 11) is -7.76. The number of hydrogen-bond donors (Lipinski definition) is 2. The van der Waals surface area contributed by atoms with Gasteiger partial charge in [-0.3, -0.25) is 9.59 Å². The Kier molecular flexibility index (Phi) is 7.73. The number of esters is 1. The van der Waals surface area contributed by atoms with Crippen molar-refractivity contribution in [1.82, 2.24) is 4.31 Å². The second-order valence-corrected chi connectivity index (χ2v) is 11.8. The molecule has 1 atom stereocenters. The van der Waals surface area contributed by atoms with Gasteiger partial charge in [0.05, 0.1) is 22.3 Å². The summed E-state index contributed by atoms with van der Waals surface area (Å²) < 4.78 is 56.0. The van der Waals surface area contributed by atoms with Gasteiger partial charge in [-0.1, -0.05) is 42.5 Å². The predicted molar refractivity (Wildman–Crippen MR) is 135 cm³/mol. The molecule has 1 unspecified atom stereocenters. The summed E-state index contributed by atoms with van der Waals surface area (Å²) in [5.41, 5.74) is 1.94. The molecule has 194 valence electrons. The van der Waals surface area contributed by atoms with Gasteiger partial charge in [-0.2, -0.15) is 4.31 Å². The Morgan fingerprint density at radius 3 is 2.22 bits per heavy atom. The lowest BCUT2D eigenvalue weighted by molar-refractivity contribution is -0.148. The molecule has 1 heterocycles. The minimum absolute atomic E-state index is 0.111. The van der Waals surface area contributed by atoms with Crippen LogP contribution in [0, 0.1) is 0 Å². The van der Waals surface area contributed by atoms with Gasteiger partial charge in [0.1, 0.15) is 0 Å². The number of amides is 1. The van der Waals surface area contributed by atoms with Gasteiger partial charge < -0.3 is 10.1 Å². The Hall–Kier alpha value is -3.58. The minimum Gasteiger partial charge on any atom is -0.456 e. The molecular formula is C25H25N3O7S2. The van der Waals surface area contributed by atoms with Gasteiger partial charge in [0.15, 0.2) is 6.61 Å². The number of sulfonamides is 2. The SMILES string of the molecule is NS(=O)(=O)c1ccc(NC(=O)COC(=O)CC2c3ccccc3CCN2S(=O)(=O)c2ccccc2)cc1. The number of carbonyl (C=O) groups is 2. The topological polar surface area (TPSA) is 153 Å². The quantitative estimate of drug-likeness (QED) is 0.413. The Balaban J connectivity index is 1.45. The van der Waals surface area contributed by atoms with Crippen molar-refractivity contribution in [2.45, 2.75) is 28.7 Å². The average Bonchev–Trinajstić information content (AvgIpc) is 2.88. The minimum atomic E-state index is -3.89. The summed E-state index contributed by atoms with van der Waals surface area (Å²) in [4.78, 5) is 25.0. The van der Waals surface area contributed by atoms with E-state index >= 15 is 0 Å². The first-order valence-electron chi connectivity index (χ1n) is 11.3. The molecule has 10 nitrogen and oxygen atoms in total. The molecule has 1 aliphatic heterocycles. The highest BCUT2D eigenvalue weighted by Crippen LogP contribution is 2.36. The summed E-state index contributed by atoms with van der Waals surface area (Å²) in [5, 5.41) is 7.54. The average molecular weight is 544 g/mol. The molecule has 1 amide bonds. The molecule has 1 aliphatic rings. The van der Waals surface area contributed by atoms with E-state index in [-0.39, 0.29) is 28.4 Å². The maximum atomic E-state index is 13.4. The van der Waals surface area contributed by atoms with Gasteiger partial charge in [0.25, 0.3) is 5.91 Å². The molecule has 0 aromatic heterocycles. The van der Waals surface area contributed by atoms with Crippen molar-refractivity contribution in [1.29, 1.82) is 0 Å². The molecule has 0 fully saturated rings. The van der Waals surface area contributed by atoms with E-state index in [9.17, 15) is 26.4 Å². The smallest absolute Gasteiger partial charge is 0.308 e. The Labute approximate surface area is 215 Å². The lowest BCUT2D eigenvalue weighted by Gasteiger charge is -2.36. The van der Waals surface area contributed by atoms with E-state index in [4.69, 9.17) is 9.88 Å². The van der Waals surface area contributed by atoms with Crippen LogP contribution in [0.15, 0.2) is 88.7 Å². The molecular weight excluding hydrogens is 518 g/mol. The zero-order chi connectivity index (χ0) is 26.6. The molecule has 0 aliphatic carbocycles. The van der Waals surface area contributed by atoms with E-state index in [0.29, 0.717) is 12.0 Å². The van der Waals surface area contributed by atoms with E-state index in [1.165, 1.54) is 40.7 Å². The summed E-state index contributed by atoms with van der Waals surface area (Å²) in [6.07, 6.45) is 0.222. The van der Waals surface area contributed by atoms with Crippen molar-refractivity contribution >= 4 is 37.6 Å². The Morgan fingerprint density at radius 1 is 0.892 bits per heavy atom. The largest absolute Gasteiger partial charge is 0.456 e. The standard InChI is InChI=1S/C25H25N3O7S2/c26-36(31,32)20-12-10-19(11-13-20)27-24(29)17-35-25(30)16-23-22-9-5-4-6-18(22)14-15-28(23)37(33,34)21-7-2-1-3-8-21/h1-13,23H,14-17H2,(H,27,29)(H2,26,31,32). The van der Waals surface area contributed by atoms with Crippen LogP contribution in [-0.2, 0) is 40.8 Å². The molecule has 12 heteroatoms. The molecule has 3 aromatic carbocycles. The molecule has 3 N–H and O–H groups in total. The third-order valence-electron chi connectivity index (χ3n) is 5.90. The zero-order valence-electron chi connectivity index (χ0n) is 19.6. The molecule has 37 heavy (non-hydrogen) atoms. The summed E-state index contributed by atoms with van der Waals surface area (Å²) in [6.45, 7) is -0.406. The van der Waals surface area contributed by atoms with E-state index in [1.54, 1.807) is 30.3 Å².